The highest BCUT2D eigenvalue weighted by Gasteiger charge is 2.13. The van der Waals surface area contributed by atoms with Gasteiger partial charge in [0.15, 0.2) is 12.2 Å². The van der Waals surface area contributed by atoms with Crippen LogP contribution in [0.1, 0.15) is 49.5 Å². The van der Waals surface area contributed by atoms with Gasteiger partial charge in [-0.2, -0.15) is 0 Å². The summed E-state index contributed by atoms with van der Waals surface area (Å²) in [4.78, 5) is 14.4. The molecule has 72 valence electrons. The number of hydrogen-bond acceptors (Lipinski definition) is 3. The number of carbonyl (C=O) groups is 1. The monoisotopic (exact) mass is 181 g/mol. The summed E-state index contributed by atoms with van der Waals surface area (Å²) in [5, 5.41) is 0. The highest BCUT2D eigenvalue weighted by atomic mass is 16.3. The molecule has 0 fully saturated rings. The van der Waals surface area contributed by atoms with E-state index in [2.05, 4.69) is 25.8 Å². The van der Waals surface area contributed by atoms with Crippen molar-refractivity contribution in [2.24, 2.45) is 5.92 Å². The molecule has 3 nitrogen and oxygen atoms in total. The van der Waals surface area contributed by atoms with Gasteiger partial charge in [0.1, 0.15) is 12.0 Å². The maximum atomic E-state index is 10.3. The van der Waals surface area contributed by atoms with Crippen LogP contribution in [0.2, 0.25) is 0 Å². The minimum atomic E-state index is 0.286. The molecule has 0 unspecified atom stereocenters. The molecule has 0 amide bonds. The largest absolute Gasteiger partial charge is 0.448 e. The molecule has 0 radical (unpaired) electrons. The highest BCUT2D eigenvalue weighted by molar-refractivity contribution is 5.70. The molecule has 1 rings (SSSR count). The number of aldehydes is 1. The second-order valence-electron chi connectivity index (χ2n) is 3.76. The molecule has 0 aliphatic rings. The van der Waals surface area contributed by atoms with Crippen LogP contribution in [-0.4, -0.2) is 11.3 Å². The molecule has 13 heavy (non-hydrogen) atoms. The first-order valence-corrected chi connectivity index (χ1v) is 4.54. The minimum absolute atomic E-state index is 0.286. The van der Waals surface area contributed by atoms with Gasteiger partial charge in [0.25, 0.3) is 0 Å². The fraction of sp³-hybridized carbons (Fsp3) is 0.600. The summed E-state index contributed by atoms with van der Waals surface area (Å²) < 4.78 is 5.18. The van der Waals surface area contributed by atoms with Crippen molar-refractivity contribution in [3.05, 3.63) is 17.8 Å². The first-order valence-electron chi connectivity index (χ1n) is 4.54. The highest BCUT2D eigenvalue weighted by Crippen LogP contribution is 2.21. The molecule has 1 heterocycles. The van der Waals surface area contributed by atoms with Crippen LogP contribution in [0.4, 0.5) is 0 Å². The van der Waals surface area contributed by atoms with Crippen molar-refractivity contribution < 1.29 is 9.21 Å². The van der Waals surface area contributed by atoms with E-state index in [-0.39, 0.29) is 5.92 Å². The fourth-order valence-electron chi connectivity index (χ4n) is 1.39. The third-order valence-electron chi connectivity index (χ3n) is 1.91. The summed E-state index contributed by atoms with van der Waals surface area (Å²) in [6.45, 7) is 6.36. The Bertz CT molecular complexity index is 278. The summed E-state index contributed by atoms with van der Waals surface area (Å²) in [7, 11) is 0. The van der Waals surface area contributed by atoms with Crippen LogP contribution >= 0.6 is 0 Å². The van der Waals surface area contributed by atoms with Gasteiger partial charge in [-0.15, -0.1) is 0 Å². The van der Waals surface area contributed by atoms with E-state index >= 15 is 0 Å². The minimum Gasteiger partial charge on any atom is -0.448 e. The van der Waals surface area contributed by atoms with Crippen LogP contribution in [0, 0.1) is 5.92 Å². The maximum absolute atomic E-state index is 10.3. The Morgan fingerprint density at radius 1 is 1.54 bits per heavy atom. The van der Waals surface area contributed by atoms with Crippen molar-refractivity contribution >= 4 is 6.29 Å². The van der Waals surface area contributed by atoms with Gasteiger partial charge in [-0.25, -0.2) is 4.98 Å². The summed E-state index contributed by atoms with van der Waals surface area (Å²) in [5.41, 5.74) is 0.380. The lowest BCUT2D eigenvalue weighted by atomic mass is 9.99. The van der Waals surface area contributed by atoms with Gasteiger partial charge in [-0.3, -0.25) is 4.79 Å². The quantitative estimate of drug-likeness (QED) is 0.670. The zero-order chi connectivity index (χ0) is 9.84. The zero-order valence-corrected chi connectivity index (χ0v) is 8.28. The average Bonchev–Trinajstić information content (AvgIpc) is 2.50. The van der Waals surface area contributed by atoms with E-state index in [1.807, 2.05) is 0 Å². The second-order valence-corrected chi connectivity index (χ2v) is 3.76. The topological polar surface area (TPSA) is 43.1 Å². The van der Waals surface area contributed by atoms with E-state index in [0.717, 1.165) is 6.42 Å². The molecular formula is C10H15NO2. The van der Waals surface area contributed by atoms with E-state index in [1.54, 1.807) is 0 Å². The third kappa shape index (κ3) is 2.68. The zero-order valence-electron chi connectivity index (χ0n) is 8.28. The number of oxazole rings is 1. The van der Waals surface area contributed by atoms with Crippen LogP contribution in [0.25, 0.3) is 0 Å². The van der Waals surface area contributed by atoms with Crippen molar-refractivity contribution in [1.82, 2.24) is 4.98 Å². The van der Waals surface area contributed by atoms with Gasteiger partial charge in [0, 0.05) is 5.92 Å². The molecule has 0 aliphatic heterocycles. The Labute approximate surface area is 78.2 Å². The van der Waals surface area contributed by atoms with E-state index < -0.39 is 0 Å². The average molecular weight is 181 g/mol. The fourth-order valence-corrected chi connectivity index (χ4v) is 1.39. The lowest BCUT2D eigenvalue weighted by molar-refractivity contribution is 0.111. The van der Waals surface area contributed by atoms with Crippen LogP contribution in [0.3, 0.4) is 0 Å². The van der Waals surface area contributed by atoms with Crippen LogP contribution in [-0.2, 0) is 0 Å². The Balaban J connectivity index is 2.65. The van der Waals surface area contributed by atoms with Crippen LogP contribution in [0.5, 0.6) is 0 Å². The van der Waals surface area contributed by atoms with Gasteiger partial charge in [-0.1, -0.05) is 20.8 Å². The maximum Gasteiger partial charge on any atom is 0.197 e. The Kier molecular flexibility index (Phi) is 3.23. The number of hydrogen-bond donors (Lipinski definition) is 0. The number of aromatic nitrogens is 1. The van der Waals surface area contributed by atoms with Gasteiger partial charge < -0.3 is 4.42 Å². The molecule has 1 atom stereocenters. The normalized spacial score (nSPS) is 13.2. The van der Waals surface area contributed by atoms with E-state index in [0.29, 0.717) is 23.8 Å². The molecule has 0 saturated heterocycles. The van der Waals surface area contributed by atoms with Crippen molar-refractivity contribution in [3.8, 4) is 0 Å². The molecule has 3 heteroatoms. The van der Waals surface area contributed by atoms with Crippen molar-refractivity contribution in [3.63, 3.8) is 0 Å². The number of rotatable bonds is 4. The molecule has 0 aliphatic carbocycles. The molecule has 0 aromatic carbocycles. The SMILES string of the molecule is CC(C)C[C@@H](C)c1nc(C=O)co1. The van der Waals surface area contributed by atoms with Gasteiger partial charge >= 0.3 is 0 Å². The summed E-state index contributed by atoms with van der Waals surface area (Å²) in [6, 6.07) is 0. The lowest BCUT2D eigenvalue weighted by Crippen LogP contribution is -1.99. The van der Waals surface area contributed by atoms with Gasteiger partial charge in [0.05, 0.1) is 0 Å². The molecule has 1 aromatic rings. The Morgan fingerprint density at radius 3 is 2.69 bits per heavy atom. The standard InChI is InChI=1S/C10H15NO2/c1-7(2)4-8(3)10-11-9(5-12)6-13-10/h5-8H,4H2,1-3H3/t8-/m1/s1. The Morgan fingerprint density at radius 2 is 2.23 bits per heavy atom. The van der Waals surface area contributed by atoms with E-state index in [4.69, 9.17) is 4.42 Å². The summed E-state index contributed by atoms with van der Waals surface area (Å²) in [5.74, 6) is 1.56. The Hall–Kier alpha value is -1.12. The smallest absolute Gasteiger partial charge is 0.197 e. The molecule has 0 N–H and O–H groups in total. The molecule has 0 spiro atoms. The number of carbonyl (C=O) groups excluding carboxylic acids is 1. The van der Waals surface area contributed by atoms with Gasteiger partial charge in [-0.05, 0) is 12.3 Å². The molecule has 0 bridgehead atoms. The summed E-state index contributed by atoms with van der Waals surface area (Å²) in [6.07, 6.45) is 3.13. The molecular weight excluding hydrogens is 166 g/mol. The van der Waals surface area contributed by atoms with Crippen molar-refractivity contribution in [2.45, 2.75) is 33.1 Å². The van der Waals surface area contributed by atoms with E-state index in [1.165, 1.54) is 6.26 Å². The van der Waals surface area contributed by atoms with Gasteiger partial charge in [0.2, 0.25) is 0 Å². The number of nitrogens with zero attached hydrogens (tertiary/aromatic N) is 1. The van der Waals surface area contributed by atoms with E-state index in [9.17, 15) is 4.79 Å². The first-order chi connectivity index (χ1) is 6.13. The summed E-state index contributed by atoms with van der Waals surface area (Å²) >= 11 is 0. The molecule has 1 aromatic heterocycles. The van der Waals surface area contributed by atoms with Crippen LogP contribution in [0.15, 0.2) is 10.7 Å². The predicted molar refractivity (Wildman–Crippen MR) is 49.8 cm³/mol. The van der Waals surface area contributed by atoms with Crippen molar-refractivity contribution in [2.75, 3.05) is 0 Å². The lowest BCUT2D eigenvalue weighted by Gasteiger charge is -2.09. The molecule has 0 saturated carbocycles. The van der Waals surface area contributed by atoms with Crippen LogP contribution < -0.4 is 0 Å². The second kappa shape index (κ2) is 4.21. The first kappa shape index (κ1) is 9.96. The third-order valence-corrected chi connectivity index (χ3v) is 1.91. The predicted octanol–water partition coefficient (Wildman–Crippen LogP) is 2.64. The van der Waals surface area contributed by atoms with Crippen molar-refractivity contribution in [1.29, 1.82) is 0 Å².